The van der Waals surface area contributed by atoms with Crippen molar-refractivity contribution in [2.24, 2.45) is 5.41 Å². The van der Waals surface area contributed by atoms with Gasteiger partial charge in [0.25, 0.3) is 5.91 Å². The maximum absolute atomic E-state index is 13.7. The maximum atomic E-state index is 13.7. The highest BCUT2D eigenvalue weighted by Gasteiger charge is 2.46. The average molecular weight is 659 g/mol. The van der Waals surface area contributed by atoms with E-state index in [2.05, 4.69) is 73.6 Å². The van der Waals surface area contributed by atoms with Crippen LogP contribution >= 0.6 is 0 Å². The summed E-state index contributed by atoms with van der Waals surface area (Å²) in [7, 11) is 0. The van der Waals surface area contributed by atoms with Crippen LogP contribution in [0.25, 0.3) is 0 Å². The van der Waals surface area contributed by atoms with Crippen molar-refractivity contribution in [3.8, 4) is 5.88 Å². The highest BCUT2D eigenvalue weighted by molar-refractivity contribution is 5.81. The summed E-state index contributed by atoms with van der Waals surface area (Å²) >= 11 is 0. The van der Waals surface area contributed by atoms with E-state index < -0.39 is 18.2 Å². The van der Waals surface area contributed by atoms with Gasteiger partial charge in [0, 0.05) is 50.4 Å². The first kappa shape index (κ1) is 34.5. The Morgan fingerprint density at radius 1 is 1.12 bits per heavy atom. The summed E-state index contributed by atoms with van der Waals surface area (Å²) in [6.45, 7) is 11.4. The largest absolute Gasteiger partial charge is 0.471 e. The monoisotopic (exact) mass is 658 g/mol. The van der Waals surface area contributed by atoms with Gasteiger partial charge in [-0.2, -0.15) is 0 Å². The SMILES string of the molecule is Cc1cccc(CN2CCOC(C(=O)N[C@@H](Cc3ccc(F)cc3)[C@H](O)CN[C@H]3CC4(CCC4)Oc4ncc(CC(C)(C)C)cc43)C2)c1. The third-order valence-corrected chi connectivity index (χ3v) is 9.87. The third kappa shape index (κ3) is 8.80. The normalized spacial score (nSPS) is 21.9. The lowest BCUT2D eigenvalue weighted by Gasteiger charge is -2.47. The molecule has 258 valence electrons. The minimum absolute atomic E-state index is 0.0462. The number of rotatable bonds is 11. The molecule has 1 saturated heterocycles. The van der Waals surface area contributed by atoms with Gasteiger partial charge >= 0.3 is 0 Å². The van der Waals surface area contributed by atoms with E-state index in [0.29, 0.717) is 25.5 Å². The van der Waals surface area contributed by atoms with Crippen LogP contribution in [-0.2, 0) is 28.9 Å². The van der Waals surface area contributed by atoms with Crippen LogP contribution in [0.4, 0.5) is 4.39 Å². The van der Waals surface area contributed by atoms with Gasteiger partial charge in [0.1, 0.15) is 17.5 Å². The van der Waals surface area contributed by atoms with Crippen LogP contribution in [0.15, 0.2) is 60.8 Å². The van der Waals surface area contributed by atoms with Gasteiger partial charge in [-0.3, -0.25) is 9.69 Å². The zero-order valence-corrected chi connectivity index (χ0v) is 28.8. The van der Waals surface area contributed by atoms with Gasteiger partial charge in [0.15, 0.2) is 0 Å². The predicted octanol–water partition coefficient (Wildman–Crippen LogP) is 5.44. The molecule has 1 aliphatic carbocycles. The van der Waals surface area contributed by atoms with Gasteiger partial charge in [-0.15, -0.1) is 0 Å². The van der Waals surface area contributed by atoms with E-state index in [4.69, 9.17) is 14.5 Å². The van der Waals surface area contributed by atoms with Crippen LogP contribution in [0.2, 0.25) is 0 Å². The van der Waals surface area contributed by atoms with E-state index in [9.17, 15) is 14.3 Å². The van der Waals surface area contributed by atoms with Gasteiger partial charge in [-0.05, 0) is 79.3 Å². The number of carbonyl (C=O) groups excluding carboxylic acids is 1. The molecule has 1 unspecified atom stereocenters. The molecule has 3 aliphatic rings. The van der Waals surface area contributed by atoms with Gasteiger partial charge in [-0.1, -0.05) is 62.7 Å². The lowest BCUT2D eigenvalue weighted by atomic mass is 9.73. The van der Waals surface area contributed by atoms with Crippen LogP contribution in [-0.4, -0.2) is 71.0 Å². The third-order valence-electron chi connectivity index (χ3n) is 9.87. The highest BCUT2D eigenvalue weighted by Crippen LogP contribution is 2.48. The molecule has 9 heteroatoms. The minimum atomic E-state index is -0.916. The fraction of sp³-hybridized carbons (Fsp3) is 0.538. The van der Waals surface area contributed by atoms with Crippen LogP contribution in [0.1, 0.15) is 80.3 Å². The van der Waals surface area contributed by atoms with E-state index in [1.54, 1.807) is 12.1 Å². The Bertz CT molecular complexity index is 1550. The van der Waals surface area contributed by atoms with Crippen LogP contribution < -0.4 is 15.4 Å². The van der Waals surface area contributed by atoms with E-state index >= 15 is 0 Å². The molecule has 3 N–H and O–H groups in total. The molecule has 3 heterocycles. The van der Waals surface area contributed by atoms with Gasteiger partial charge < -0.3 is 25.2 Å². The summed E-state index contributed by atoms with van der Waals surface area (Å²) in [6.07, 6.45) is 5.50. The molecule has 0 bridgehead atoms. The number of nitrogens with one attached hydrogen (secondary N) is 2. The number of hydrogen-bond acceptors (Lipinski definition) is 7. The standard InChI is InChI=1S/C39H51FN4O4/c1-26-7-5-8-28(17-26)24-44-15-16-47-35(25-44)36(46)43-32(19-27-9-11-30(40)12-10-27)34(45)23-41-33-21-39(13-6-14-39)48-37-31(33)18-29(22-42-37)20-38(2,3)4/h5,7-12,17-18,22,32-35,41,45H,6,13-16,19-21,23-25H2,1-4H3,(H,43,46)/t32-,33-,34+,35?/m0/s1. The summed E-state index contributed by atoms with van der Waals surface area (Å²) in [4.78, 5) is 20.7. The topological polar surface area (TPSA) is 96.0 Å². The summed E-state index contributed by atoms with van der Waals surface area (Å²) in [6, 6.07) is 16.2. The number of aromatic nitrogens is 1. The number of morpholine rings is 1. The highest BCUT2D eigenvalue weighted by atomic mass is 19.1. The molecule has 3 aromatic rings. The fourth-order valence-corrected chi connectivity index (χ4v) is 7.26. The van der Waals surface area contributed by atoms with Crippen molar-refractivity contribution in [2.45, 2.75) is 103 Å². The number of aryl methyl sites for hydroxylation is 1. The number of amides is 1. The quantitative estimate of drug-likeness (QED) is 0.253. The number of fused-ring (bicyclic) bond motifs is 1. The van der Waals surface area contributed by atoms with Gasteiger partial charge in [-0.25, -0.2) is 9.37 Å². The van der Waals surface area contributed by atoms with Crippen LogP contribution in [0.3, 0.4) is 0 Å². The maximum Gasteiger partial charge on any atom is 0.250 e. The zero-order chi connectivity index (χ0) is 33.9. The van der Waals surface area contributed by atoms with Gasteiger partial charge in [0.2, 0.25) is 5.88 Å². The van der Waals surface area contributed by atoms with E-state index in [-0.39, 0.29) is 35.3 Å². The molecule has 1 spiro atoms. The summed E-state index contributed by atoms with van der Waals surface area (Å²) in [5.41, 5.74) is 5.30. The van der Waals surface area contributed by atoms with Crippen molar-refractivity contribution in [1.29, 1.82) is 0 Å². The fourth-order valence-electron chi connectivity index (χ4n) is 7.26. The molecular formula is C39H51FN4O4. The second-order valence-electron chi connectivity index (χ2n) is 15.4. The van der Waals surface area contributed by atoms with Crippen molar-refractivity contribution >= 4 is 5.91 Å². The molecule has 2 aromatic carbocycles. The first-order chi connectivity index (χ1) is 22.9. The first-order valence-electron chi connectivity index (χ1n) is 17.5. The molecule has 48 heavy (non-hydrogen) atoms. The number of hydrogen-bond donors (Lipinski definition) is 3. The lowest BCUT2D eigenvalue weighted by Crippen LogP contribution is -2.56. The second-order valence-corrected chi connectivity index (χ2v) is 15.4. The number of halogens is 1. The molecule has 6 rings (SSSR count). The number of carbonyl (C=O) groups is 1. The van der Waals surface area contributed by atoms with Gasteiger partial charge in [0.05, 0.1) is 18.8 Å². The Morgan fingerprint density at radius 3 is 2.62 bits per heavy atom. The Morgan fingerprint density at radius 2 is 1.92 bits per heavy atom. The molecule has 2 fully saturated rings. The molecule has 2 aliphatic heterocycles. The number of ether oxygens (including phenoxy) is 2. The Labute approximate surface area is 284 Å². The molecule has 1 saturated carbocycles. The zero-order valence-electron chi connectivity index (χ0n) is 28.8. The molecule has 1 aromatic heterocycles. The van der Waals surface area contributed by atoms with Crippen LogP contribution in [0, 0.1) is 18.2 Å². The van der Waals surface area contributed by atoms with Crippen molar-refractivity contribution in [3.63, 3.8) is 0 Å². The molecule has 1 amide bonds. The first-order valence-corrected chi connectivity index (χ1v) is 17.5. The number of pyridine rings is 1. The Hall–Kier alpha value is -3.37. The molecule has 8 nitrogen and oxygen atoms in total. The van der Waals surface area contributed by atoms with E-state index in [1.165, 1.54) is 23.3 Å². The Balaban J connectivity index is 1.15. The second kappa shape index (κ2) is 14.6. The van der Waals surface area contributed by atoms with E-state index in [0.717, 1.165) is 61.9 Å². The minimum Gasteiger partial charge on any atom is -0.471 e. The summed E-state index contributed by atoms with van der Waals surface area (Å²) in [5, 5.41) is 18.4. The van der Waals surface area contributed by atoms with Crippen molar-refractivity contribution in [3.05, 3.63) is 94.4 Å². The summed E-state index contributed by atoms with van der Waals surface area (Å²) in [5.74, 6) is 0.0933. The molecule has 0 radical (unpaired) electrons. The van der Waals surface area contributed by atoms with Crippen molar-refractivity contribution in [2.75, 3.05) is 26.2 Å². The average Bonchev–Trinajstić information content (AvgIpc) is 3.02. The van der Waals surface area contributed by atoms with Crippen molar-refractivity contribution < 1.29 is 23.8 Å². The Kier molecular flexibility index (Phi) is 10.5. The van der Waals surface area contributed by atoms with E-state index in [1.807, 2.05) is 6.20 Å². The number of nitrogens with zero attached hydrogens (tertiary/aromatic N) is 2. The number of aliphatic hydroxyl groups is 1. The van der Waals surface area contributed by atoms with Crippen LogP contribution in [0.5, 0.6) is 5.88 Å². The smallest absolute Gasteiger partial charge is 0.250 e. The lowest BCUT2D eigenvalue weighted by molar-refractivity contribution is -0.140. The van der Waals surface area contributed by atoms with Crippen molar-refractivity contribution in [1.82, 2.24) is 20.5 Å². The molecule has 4 atom stereocenters. The predicted molar refractivity (Wildman–Crippen MR) is 184 cm³/mol. The summed E-state index contributed by atoms with van der Waals surface area (Å²) < 4.78 is 26.2. The number of benzene rings is 2. The number of aliphatic hydroxyl groups excluding tert-OH is 1. The molecular weight excluding hydrogens is 607 g/mol.